The molecule has 1 atom stereocenters. The number of hydrogen-bond donors (Lipinski definition) is 0. The van der Waals surface area contributed by atoms with Crippen LogP contribution >= 0.6 is 0 Å². The second-order valence-corrected chi connectivity index (χ2v) is 6.55. The summed E-state index contributed by atoms with van der Waals surface area (Å²) in [4.78, 5) is 12.5. The van der Waals surface area contributed by atoms with Gasteiger partial charge in [-0.1, -0.05) is 24.3 Å². The van der Waals surface area contributed by atoms with Crippen LogP contribution < -0.4 is 0 Å². The molecule has 0 amide bonds. The van der Waals surface area contributed by atoms with Gasteiger partial charge in [0.25, 0.3) is 5.89 Å². The maximum atomic E-state index is 12.5. The van der Waals surface area contributed by atoms with Crippen molar-refractivity contribution in [3.05, 3.63) is 71.1 Å². The highest BCUT2D eigenvalue weighted by molar-refractivity contribution is 5.89. The van der Waals surface area contributed by atoms with E-state index in [1.165, 1.54) is 24.0 Å². The molecular weight excluding hydrogens is 328 g/mol. The molecule has 0 bridgehead atoms. The Balaban J connectivity index is 1.47. The zero-order valence-electron chi connectivity index (χ0n) is 14.6. The van der Waals surface area contributed by atoms with E-state index in [9.17, 15) is 4.79 Å². The minimum atomic E-state index is -0.608. The van der Waals surface area contributed by atoms with Crippen LogP contribution in [0.25, 0.3) is 11.5 Å². The van der Waals surface area contributed by atoms with Gasteiger partial charge in [-0.25, -0.2) is 4.79 Å². The summed E-state index contributed by atoms with van der Waals surface area (Å²) in [6.45, 7) is 1.73. The number of rotatable bonds is 4. The molecule has 5 nitrogen and oxygen atoms in total. The number of benzene rings is 2. The molecule has 0 aliphatic heterocycles. The summed E-state index contributed by atoms with van der Waals surface area (Å²) in [5, 5.41) is 8.05. The first-order valence-electron chi connectivity index (χ1n) is 8.92. The van der Waals surface area contributed by atoms with E-state index in [0.717, 1.165) is 18.4 Å². The molecule has 0 fully saturated rings. The van der Waals surface area contributed by atoms with E-state index in [0.29, 0.717) is 11.5 Å². The number of fused-ring (bicyclic) bond motifs is 1. The number of aryl methyl sites for hydroxylation is 2. The largest absolute Gasteiger partial charge is 0.449 e. The number of carbonyl (C=O) groups excluding carboxylic acids is 1. The second kappa shape index (κ2) is 7.12. The third kappa shape index (κ3) is 3.38. The Morgan fingerprint density at radius 1 is 1.04 bits per heavy atom. The molecule has 3 aromatic rings. The van der Waals surface area contributed by atoms with Crippen LogP contribution in [0.5, 0.6) is 0 Å². The highest BCUT2D eigenvalue weighted by Crippen LogP contribution is 2.25. The minimum absolute atomic E-state index is 0.287. The Labute approximate surface area is 152 Å². The van der Waals surface area contributed by atoms with Crippen molar-refractivity contribution < 1.29 is 13.9 Å². The first-order chi connectivity index (χ1) is 12.7. The lowest BCUT2D eigenvalue weighted by atomic mass is 9.90. The van der Waals surface area contributed by atoms with Crippen LogP contribution in [0.15, 0.2) is 52.9 Å². The molecule has 1 aromatic heterocycles. The van der Waals surface area contributed by atoms with Crippen molar-refractivity contribution in [3.63, 3.8) is 0 Å². The van der Waals surface area contributed by atoms with Crippen molar-refractivity contribution in [1.82, 2.24) is 10.2 Å². The van der Waals surface area contributed by atoms with Crippen LogP contribution in [0.1, 0.15) is 53.2 Å². The maximum absolute atomic E-state index is 12.5. The van der Waals surface area contributed by atoms with Crippen molar-refractivity contribution in [3.8, 4) is 11.5 Å². The molecule has 132 valence electrons. The topological polar surface area (TPSA) is 65.2 Å². The molecule has 1 aliphatic carbocycles. The quantitative estimate of drug-likeness (QED) is 0.648. The fourth-order valence-corrected chi connectivity index (χ4v) is 3.24. The SMILES string of the molecule is C[C@@H](OC(=O)c1ccc2c(c1)CCCC2)c1nnc(-c2ccccc2)o1. The van der Waals surface area contributed by atoms with E-state index >= 15 is 0 Å². The van der Waals surface area contributed by atoms with Crippen LogP contribution in [0, 0.1) is 0 Å². The van der Waals surface area contributed by atoms with Gasteiger partial charge in [-0.05, 0) is 68.0 Å². The zero-order valence-corrected chi connectivity index (χ0v) is 14.6. The van der Waals surface area contributed by atoms with Gasteiger partial charge in [0.05, 0.1) is 5.56 Å². The Morgan fingerprint density at radius 3 is 2.62 bits per heavy atom. The molecule has 0 unspecified atom stereocenters. The number of nitrogens with zero attached hydrogens (tertiary/aromatic N) is 2. The van der Waals surface area contributed by atoms with Crippen LogP contribution in [0.4, 0.5) is 0 Å². The van der Waals surface area contributed by atoms with Crippen molar-refractivity contribution in [2.24, 2.45) is 0 Å². The van der Waals surface area contributed by atoms with Crippen LogP contribution in [-0.4, -0.2) is 16.2 Å². The van der Waals surface area contributed by atoms with Crippen LogP contribution in [0.2, 0.25) is 0 Å². The van der Waals surface area contributed by atoms with E-state index in [1.807, 2.05) is 48.5 Å². The van der Waals surface area contributed by atoms with E-state index in [4.69, 9.17) is 9.15 Å². The van der Waals surface area contributed by atoms with Crippen molar-refractivity contribution in [2.45, 2.75) is 38.7 Å². The van der Waals surface area contributed by atoms with Gasteiger partial charge in [0.1, 0.15) is 0 Å². The molecule has 2 aromatic carbocycles. The molecule has 0 spiro atoms. The summed E-state index contributed by atoms with van der Waals surface area (Å²) >= 11 is 0. The number of carbonyl (C=O) groups is 1. The van der Waals surface area contributed by atoms with Gasteiger partial charge < -0.3 is 9.15 Å². The molecular formula is C21H20N2O3. The zero-order chi connectivity index (χ0) is 17.9. The summed E-state index contributed by atoms with van der Waals surface area (Å²) in [6.07, 6.45) is 3.89. The molecule has 0 saturated heterocycles. The van der Waals surface area contributed by atoms with Gasteiger partial charge in [0.15, 0.2) is 6.10 Å². The van der Waals surface area contributed by atoms with E-state index in [-0.39, 0.29) is 11.9 Å². The number of ether oxygens (including phenoxy) is 1. The Morgan fingerprint density at radius 2 is 1.81 bits per heavy atom. The Bertz CT molecular complexity index is 918. The minimum Gasteiger partial charge on any atom is -0.449 e. The van der Waals surface area contributed by atoms with Crippen LogP contribution in [0.3, 0.4) is 0 Å². The summed E-state index contributed by atoms with van der Waals surface area (Å²) in [5.74, 6) is 0.331. The lowest BCUT2D eigenvalue weighted by Crippen LogP contribution is -2.11. The average molecular weight is 348 g/mol. The van der Waals surface area contributed by atoms with Gasteiger partial charge >= 0.3 is 5.97 Å². The standard InChI is InChI=1S/C21H20N2O3/c1-14(19-22-23-20(26-19)16-8-3-2-4-9-16)25-21(24)18-12-11-15-7-5-6-10-17(15)13-18/h2-4,8-9,11-14H,5-7,10H2,1H3/t14-/m1/s1. The van der Waals surface area contributed by atoms with Crippen molar-refractivity contribution in [1.29, 1.82) is 0 Å². The number of hydrogen-bond acceptors (Lipinski definition) is 5. The van der Waals surface area contributed by atoms with Crippen molar-refractivity contribution >= 4 is 5.97 Å². The molecule has 0 saturated carbocycles. The van der Waals surface area contributed by atoms with Gasteiger partial charge in [-0.15, -0.1) is 10.2 Å². The number of esters is 1. The normalized spacial score (nSPS) is 14.5. The maximum Gasteiger partial charge on any atom is 0.338 e. The third-order valence-corrected chi connectivity index (χ3v) is 4.68. The second-order valence-electron chi connectivity index (χ2n) is 6.55. The summed E-state index contributed by atoms with van der Waals surface area (Å²) < 4.78 is 11.2. The molecule has 26 heavy (non-hydrogen) atoms. The van der Waals surface area contributed by atoms with E-state index in [2.05, 4.69) is 10.2 Å². The summed E-state index contributed by atoms with van der Waals surface area (Å²) in [7, 11) is 0. The Kier molecular flexibility index (Phi) is 4.52. The van der Waals surface area contributed by atoms with E-state index < -0.39 is 6.10 Å². The molecule has 1 heterocycles. The monoisotopic (exact) mass is 348 g/mol. The average Bonchev–Trinajstić information content (AvgIpc) is 3.18. The van der Waals surface area contributed by atoms with Gasteiger partial charge in [0.2, 0.25) is 5.89 Å². The van der Waals surface area contributed by atoms with Gasteiger partial charge in [-0.3, -0.25) is 0 Å². The first kappa shape index (κ1) is 16.5. The molecule has 1 aliphatic rings. The molecule has 5 heteroatoms. The van der Waals surface area contributed by atoms with Gasteiger partial charge in [-0.2, -0.15) is 0 Å². The fraction of sp³-hybridized carbons (Fsp3) is 0.286. The van der Waals surface area contributed by atoms with Gasteiger partial charge in [0, 0.05) is 5.56 Å². The van der Waals surface area contributed by atoms with E-state index in [1.54, 1.807) is 6.92 Å². The molecule has 4 rings (SSSR count). The predicted molar refractivity (Wildman–Crippen MR) is 96.6 cm³/mol. The summed E-state index contributed by atoms with van der Waals surface area (Å²) in [5.41, 5.74) is 3.99. The highest BCUT2D eigenvalue weighted by Gasteiger charge is 2.21. The Hall–Kier alpha value is -2.95. The summed E-state index contributed by atoms with van der Waals surface area (Å²) in [6, 6.07) is 15.3. The smallest absolute Gasteiger partial charge is 0.338 e. The lowest BCUT2D eigenvalue weighted by molar-refractivity contribution is 0.0279. The number of aromatic nitrogens is 2. The predicted octanol–water partition coefficient (Wildman–Crippen LogP) is 4.53. The first-order valence-corrected chi connectivity index (χ1v) is 8.92. The van der Waals surface area contributed by atoms with Crippen LogP contribution in [-0.2, 0) is 17.6 Å². The molecule has 0 radical (unpaired) electrons. The molecule has 0 N–H and O–H groups in total. The fourth-order valence-electron chi connectivity index (χ4n) is 3.24. The highest BCUT2D eigenvalue weighted by atomic mass is 16.6. The third-order valence-electron chi connectivity index (χ3n) is 4.68. The van der Waals surface area contributed by atoms with Crippen molar-refractivity contribution in [2.75, 3.05) is 0 Å². The lowest BCUT2D eigenvalue weighted by Gasteiger charge is -2.16.